The summed E-state index contributed by atoms with van der Waals surface area (Å²) in [6.45, 7) is 0.891. The molecule has 1 aliphatic heterocycles. The van der Waals surface area contributed by atoms with E-state index >= 15 is 0 Å². The van der Waals surface area contributed by atoms with Crippen LogP contribution in [0.5, 0.6) is 11.6 Å². The molecule has 8 nitrogen and oxygen atoms in total. The summed E-state index contributed by atoms with van der Waals surface area (Å²) in [6.07, 6.45) is 4.98. The second kappa shape index (κ2) is 10.7. The fourth-order valence-electron chi connectivity index (χ4n) is 4.70. The maximum absolute atomic E-state index is 12.9. The number of pyridine rings is 1. The number of nitrogens with zero attached hydrogens (tertiary/aromatic N) is 2. The molecule has 0 spiro atoms. The third-order valence-corrected chi connectivity index (χ3v) is 6.66. The van der Waals surface area contributed by atoms with Gasteiger partial charge in [0.25, 0.3) is 0 Å². The van der Waals surface area contributed by atoms with E-state index in [1.807, 2.05) is 60.7 Å². The molecule has 1 fully saturated rings. The van der Waals surface area contributed by atoms with Gasteiger partial charge in [0, 0.05) is 23.5 Å². The van der Waals surface area contributed by atoms with Crippen LogP contribution in [-0.2, 0) is 9.53 Å². The van der Waals surface area contributed by atoms with E-state index in [1.54, 1.807) is 11.1 Å². The molecule has 0 bridgehead atoms. The van der Waals surface area contributed by atoms with Crippen LogP contribution in [0.15, 0.2) is 66.9 Å². The molecule has 0 unspecified atom stereocenters. The first kappa shape index (κ1) is 23.7. The molecule has 0 saturated heterocycles. The number of amides is 2. The summed E-state index contributed by atoms with van der Waals surface area (Å²) in [5.41, 5.74) is 3.34. The minimum Gasteiger partial charge on any atom is -0.490 e. The molecule has 1 aliphatic carbocycles. The van der Waals surface area contributed by atoms with Gasteiger partial charge in [0.05, 0.1) is 25.3 Å². The Morgan fingerprint density at radius 2 is 1.78 bits per heavy atom. The summed E-state index contributed by atoms with van der Waals surface area (Å²) in [4.78, 5) is 30.8. The van der Waals surface area contributed by atoms with Crippen LogP contribution in [0, 0.1) is 5.92 Å². The molecule has 3 aromatic rings. The summed E-state index contributed by atoms with van der Waals surface area (Å²) in [7, 11) is 1.43. The highest BCUT2D eigenvalue weighted by molar-refractivity contribution is 6.03. The van der Waals surface area contributed by atoms with Crippen molar-refractivity contribution in [1.82, 2.24) is 4.98 Å². The van der Waals surface area contributed by atoms with Gasteiger partial charge >= 0.3 is 12.0 Å². The monoisotopic (exact) mass is 487 g/mol. The molecule has 5 rings (SSSR count). The van der Waals surface area contributed by atoms with Crippen molar-refractivity contribution in [2.75, 3.05) is 30.5 Å². The fourth-order valence-corrected chi connectivity index (χ4v) is 4.70. The summed E-state index contributed by atoms with van der Waals surface area (Å²) in [5.74, 6) is 1.06. The van der Waals surface area contributed by atoms with Crippen molar-refractivity contribution in [2.45, 2.75) is 31.8 Å². The summed E-state index contributed by atoms with van der Waals surface area (Å²) in [6, 6.07) is 18.8. The van der Waals surface area contributed by atoms with E-state index in [4.69, 9.17) is 14.2 Å². The normalized spacial score (nSPS) is 19.0. The predicted molar refractivity (Wildman–Crippen MR) is 136 cm³/mol. The lowest BCUT2D eigenvalue weighted by atomic mass is 9.87. The van der Waals surface area contributed by atoms with E-state index in [0.717, 1.165) is 48.2 Å². The summed E-state index contributed by atoms with van der Waals surface area (Å²) < 4.78 is 16.8. The first-order chi connectivity index (χ1) is 17.6. The van der Waals surface area contributed by atoms with Gasteiger partial charge in [-0.15, -0.1) is 0 Å². The zero-order valence-corrected chi connectivity index (χ0v) is 20.2. The standard InChI is InChI=1S/C28H29N3O5/c1-34-27(32)19-7-11-23(12-8-19)36-26-14-10-21(18-29-26)20-9-13-24-25(17-20)35-16-15-31(24)28(33)30-22-5-3-2-4-6-22/h2-6,9-10,13-14,17-19,23H,7-8,11-12,15-16H2,1H3,(H,30,33). The zero-order chi connectivity index (χ0) is 24.9. The van der Waals surface area contributed by atoms with Gasteiger partial charge in [-0.2, -0.15) is 0 Å². The predicted octanol–water partition coefficient (Wildman–Crippen LogP) is 5.29. The highest BCUT2D eigenvalue weighted by atomic mass is 16.5. The molecule has 2 aliphatic rings. The number of nitrogens with one attached hydrogen (secondary N) is 1. The zero-order valence-electron chi connectivity index (χ0n) is 20.2. The van der Waals surface area contributed by atoms with Crippen LogP contribution in [-0.4, -0.2) is 43.3 Å². The number of anilines is 2. The Bertz CT molecular complexity index is 1210. The Morgan fingerprint density at radius 3 is 2.50 bits per heavy atom. The van der Waals surface area contributed by atoms with Gasteiger partial charge < -0.3 is 19.5 Å². The number of para-hydroxylation sites is 1. The number of fused-ring (bicyclic) bond motifs is 1. The molecule has 2 aromatic carbocycles. The largest absolute Gasteiger partial charge is 0.490 e. The van der Waals surface area contributed by atoms with Crippen LogP contribution in [0.4, 0.5) is 16.2 Å². The Morgan fingerprint density at radius 1 is 1.00 bits per heavy atom. The Balaban J connectivity index is 1.23. The molecular formula is C28H29N3O5. The van der Waals surface area contributed by atoms with Gasteiger partial charge in [-0.25, -0.2) is 9.78 Å². The van der Waals surface area contributed by atoms with E-state index in [2.05, 4.69) is 10.3 Å². The van der Waals surface area contributed by atoms with Crippen LogP contribution >= 0.6 is 0 Å². The number of rotatable bonds is 5. The van der Waals surface area contributed by atoms with Crippen molar-refractivity contribution >= 4 is 23.4 Å². The van der Waals surface area contributed by atoms with Crippen molar-refractivity contribution in [3.05, 3.63) is 66.9 Å². The third-order valence-electron chi connectivity index (χ3n) is 6.66. The average molecular weight is 488 g/mol. The SMILES string of the molecule is COC(=O)C1CCC(Oc2ccc(-c3ccc4c(c3)OCCN4C(=O)Nc3ccccc3)cn2)CC1. The number of aromatic nitrogens is 1. The van der Waals surface area contributed by atoms with E-state index in [-0.39, 0.29) is 24.0 Å². The molecule has 1 aromatic heterocycles. The molecular weight excluding hydrogens is 458 g/mol. The molecule has 2 heterocycles. The Hall–Kier alpha value is -4.07. The van der Waals surface area contributed by atoms with Crippen LogP contribution in [0.3, 0.4) is 0 Å². The second-order valence-electron chi connectivity index (χ2n) is 8.98. The third kappa shape index (κ3) is 5.27. The minimum absolute atomic E-state index is 0.0308. The van der Waals surface area contributed by atoms with Crippen molar-refractivity contribution in [3.63, 3.8) is 0 Å². The van der Waals surface area contributed by atoms with Crippen LogP contribution in [0.1, 0.15) is 25.7 Å². The van der Waals surface area contributed by atoms with Crippen LogP contribution in [0.25, 0.3) is 11.1 Å². The number of urea groups is 1. The molecule has 8 heteroatoms. The number of carbonyl (C=O) groups is 2. The fraction of sp³-hybridized carbons (Fsp3) is 0.321. The van der Waals surface area contributed by atoms with Gasteiger partial charge in [-0.05, 0) is 61.6 Å². The molecule has 186 valence electrons. The lowest BCUT2D eigenvalue weighted by Crippen LogP contribution is -2.40. The number of carbonyl (C=O) groups excluding carboxylic acids is 2. The van der Waals surface area contributed by atoms with Crippen molar-refractivity contribution in [2.24, 2.45) is 5.92 Å². The molecule has 1 N–H and O–H groups in total. The minimum atomic E-state index is -0.192. The second-order valence-corrected chi connectivity index (χ2v) is 8.98. The maximum Gasteiger partial charge on any atom is 0.326 e. The van der Waals surface area contributed by atoms with Crippen molar-refractivity contribution < 1.29 is 23.8 Å². The summed E-state index contributed by atoms with van der Waals surface area (Å²) in [5, 5.41) is 2.93. The van der Waals surface area contributed by atoms with Crippen molar-refractivity contribution in [1.29, 1.82) is 0 Å². The number of hydrogen-bond acceptors (Lipinski definition) is 6. The molecule has 2 amide bonds. The van der Waals surface area contributed by atoms with Gasteiger partial charge in [0.2, 0.25) is 5.88 Å². The maximum atomic E-state index is 12.9. The van der Waals surface area contributed by atoms with Crippen molar-refractivity contribution in [3.8, 4) is 22.8 Å². The van der Waals surface area contributed by atoms with Crippen LogP contribution < -0.4 is 19.7 Å². The highest BCUT2D eigenvalue weighted by Gasteiger charge is 2.28. The van der Waals surface area contributed by atoms with E-state index in [1.165, 1.54) is 7.11 Å². The lowest BCUT2D eigenvalue weighted by molar-refractivity contribution is -0.147. The number of esters is 1. The number of ether oxygens (including phenoxy) is 3. The van der Waals surface area contributed by atoms with Gasteiger partial charge in [-0.3, -0.25) is 9.69 Å². The molecule has 0 radical (unpaired) electrons. The van der Waals surface area contributed by atoms with Gasteiger partial charge in [0.1, 0.15) is 18.5 Å². The molecule has 1 saturated carbocycles. The smallest absolute Gasteiger partial charge is 0.326 e. The molecule has 36 heavy (non-hydrogen) atoms. The summed E-state index contributed by atoms with van der Waals surface area (Å²) >= 11 is 0. The highest BCUT2D eigenvalue weighted by Crippen LogP contribution is 2.36. The van der Waals surface area contributed by atoms with Gasteiger partial charge in [-0.1, -0.05) is 24.3 Å². The number of benzene rings is 2. The average Bonchev–Trinajstić information content (AvgIpc) is 2.93. The van der Waals surface area contributed by atoms with E-state index < -0.39 is 0 Å². The Labute approximate surface area is 210 Å². The quantitative estimate of drug-likeness (QED) is 0.492. The molecule has 0 atom stereocenters. The van der Waals surface area contributed by atoms with E-state index in [0.29, 0.717) is 24.8 Å². The first-order valence-corrected chi connectivity index (χ1v) is 12.2. The van der Waals surface area contributed by atoms with Gasteiger partial charge in [0.15, 0.2) is 0 Å². The lowest BCUT2D eigenvalue weighted by Gasteiger charge is -2.30. The Kier molecular flexibility index (Phi) is 7.02. The first-order valence-electron chi connectivity index (χ1n) is 12.2. The number of methoxy groups -OCH3 is 1. The van der Waals surface area contributed by atoms with E-state index in [9.17, 15) is 9.59 Å². The topological polar surface area (TPSA) is 90.0 Å². The van der Waals surface area contributed by atoms with Crippen LogP contribution in [0.2, 0.25) is 0 Å². The number of hydrogen-bond donors (Lipinski definition) is 1.